The lowest BCUT2D eigenvalue weighted by Gasteiger charge is -2.37. The fourth-order valence-corrected chi connectivity index (χ4v) is 2.37. The van der Waals surface area contributed by atoms with Crippen molar-refractivity contribution in [1.82, 2.24) is 15.3 Å². The Hall–Kier alpha value is -1.16. The molecular formula is C13H21N4. The zero-order chi connectivity index (χ0) is 11.9. The van der Waals surface area contributed by atoms with E-state index in [0.29, 0.717) is 6.04 Å². The molecule has 0 amide bonds. The topological polar surface area (TPSA) is 41.0 Å². The molecule has 0 saturated carbocycles. The second kappa shape index (κ2) is 6.55. The molecule has 1 aromatic heterocycles. The highest BCUT2D eigenvalue weighted by Gasteiger charge is 2.22. The van der Waals surface area contributed by atoms with Crippen LogP contribution in [0.15, 0.2) is 12.3 Å². The van der Waals surface area contributed by atoms with Gasteiger partial charge >= 0.3 is 0 Å². The lowest BCUT2D eigenvalue weighted by atomic mass is 10.1. The molecule has 0 spiro atoms. The fraction of sp³-hybridized carbons (Fsp3) is 0.692. The molecule has 2 rings (SSSR count). The largest absolute Gasteiger partial charge is 0.351 e. The summed E-state index contributed by atoms with van der Waals surface area (Å²) in [6, 6.07) is 2.55. The molecule has 17 heavy (non-hydrogen) atoms. The van der Waals surface area contributed by atoms with Crippen LogP contribution in [0.25, 0.3) is 0 Å². The van der Waals surface area contributed by atoms with Gasteiger partial charge in [0.15, 0.2) is 6.33 Å². The van der Waals surface area contributed by atoms with Gasteiger partial charge < -0.3 is 10.2 Å². The van der Waals surface area contributed by atoms with Crippen LogP contribution in [0.4, 0.5) is 5.82 Å². The minimum atomic E-state index is 0.568. The summed E-state index contributed by atoms with van der Waals surface area (Å²) in [6.45, 7) is 5.37. The molecule has 4 heteroatoms. The smallest absolute Gasteiger partial charge is 0.199 e. The van der Waals surface area contributed by atoms with Gasteiger partial charge in [0.25, 0.3) is 0 Å². The molecule has 0 aromatic carbocycles. The molecule has 4 nitrogen and oxygen atoms in total. The van der Waals surface area contributed by atoms with Crippen LogP contribution < -0.4 is 10.2 Å². The number of rotatable bonds is 5. The Kier molecular flexibility index (Phi) is 4.74. The van der Waals surface area contributed by atoms with Crippen molar-refractivity contribution in [3.63, 3.8) is 0 Å². The average molecular weight is 233 g/mol. The van der Waals surface area contributed by atoms with Crippen LogP contribution in [-0.2, 0) is 0 Å². The molecule has 1 atom stereocenters. The summed E-state index contributed by atoms with van der Waals surface area (Å²) in [4.78, 5) is 10.5. The van der Waals surface area contributed by atoms with Gasteiger partial charge in [0.05, 0.1) is 0 Å². The van der Waals surface area contributed by atoms with Gasteiger partial charge in [0.1, 0.15) is 5.82 Å². The van der Waals surface area contributed by atoms with Crippen LogP contribution in [-0.4, -0.2) is 35.6 Å². The van der Waals surface area contributed by atoms with E-state index >= 15 is 0 Å². The van der Waals surface area contributed by atoms with Crippen LogP contribution >= 0.6 is 0 Å². The Labute approximate surface area is 103 Å². The Morgan fingerprint density at radius 2 is 2.47 bits per heavy atom. The molecule has 1 aliphatic rings. The van der Waals surface area contributed by atoms with Crippen molar-refractivity contribution < 1.29 is 0 Å². The molecule has 1 N–H and O–H groups in total. The summed E-state index contributed by atoms with van der Waals surface area (Å²) in [5.41, 5.74) is 0. The van der Waals surface area contributed by atoms with Gasteiger partial charge in [-0.2, -0.15) is 0 Å². The summed E-state index contributed by atoms with van der Waals surface area (Å²) in [7, 11) is 0. The standard InChI is InChI=1S/C13H21N4/c1-2-3-4-5-12-10-14-8-9-17(12)13-6-7-15-11-16-13/h6-7,12,14H,2-5,8-10H2,1H3. The van der Waals surface area contributed by atoms with Crippen molar-refractivity contribution in [1.29, 1.82) is 0 Å². The number of piperazine rings is 1. The van der Waals surface area contributed by atoms with E-state index in [0.717, 1.165) is 25.5 Å². The number of unbranched alkanes of at least 4 members (excludes halogenated alkanes) is 2. The highest BCUT2D eigenvalue weighted by molar-refractivity contribution is 5.38. The third-order valence-corrected chi connectivity index (χ3v) is 3.31. The van der Waals surface area contributed by atoms with Gasteiger partial charge in [-0.25, -0.2) is 9.97 Å². The molecule has 2 heterocycles. The zero-order valence-corrected chi connectivity index (χ0v) is 10.5. The van der Waals surface area contributed by atoms with Gasteiger partial charge in [-0.3, -0.25) is 0 Å². The van der Waals surface area contributed by atoms with Crippen LogP contribution in [0.1, 0.15) is 32.6 Å². The maximum Gasteiger partial charge on any atom is 0.199 e. The average Bonchev–Trinajstić information content (AvgIpc) is 2.41. The Morgan fingerprint density at radius 3 is 3.24 bits per heavy atom. The number of nitrogens with one attached hydrogen (secondary N) is 1. The maximum atomic E-state index is 4.24. The van der Waals surface area contributed by atoms with Crippen molar-refractivity contribution >= 4 is 5.82 Å². The minimum Gasteiger partial charge on any atom is -0.351 e. The molecule has 0 bridgehead atoms. The molecule has 1 fully saturated rings. The summed E-state index contributed by atoms with van der Waals surface area (Å²) in [5.74, 6) is 1.02. The lowest BCUT2D eigenvalue weighted by molar-refractivity contribution is 0.436. The molecule has 1 unspecified atom stereocenters. The lowest BCUT2D eigenvalue weighted by Crippen LogP contribution is -2.51. The highest BCUT2D eigenvalue weighted by Crippen LogP contribution is 2.18. The first-order valence-electron chi connectivity index (χ1n) is 6.58. The van der Waals surface area contributed by atoms with Gasteiger partial charge in [0, 0.05) is 31.9 Å². The van der Waals surface area contributed by atoms with Crippen LogP contribution in [0.3, 0.4) is 0 Å². The van der Waals surface area contributed by atoms with Crippen LogP contribution in [0.2, 0.25) is 0 Å². The van der Waals surface area contributed by atoms with Gasteiger partial charge in [-0.05, 0) is 12.5 Å². The van der Waals surface area contributed by atoms with Crippen molar-refractivity contribution in [3.8, 4) is 0 Å². The molecular weight excluding hydrogens is 212 g/mol. The third-order valence-electron chi connectivity index (χ3n) is 3.31. The molecule has 93 valence electrons. The maximum absolute atomic E-state index is 4.24. The first-order chi connectivity index (χ1) is 8.42. The van der Waals surface area contributed by atoms with Gasteiger partial charge in [-0.15, -0.1) is 0 Å². The number of hydrogen-bond acceptors (Lipinski definition) is 4. The van der Waals surface area contributed by atoms with Crippen molar-refractivity contribution in [2.45, 2.75) is 38.6 Å². The van der Waals surface area contributed by atoms with Crippen molar-refractivity contribution in [3.05, 3.63) is 18.6 Å². The predicted octanol–water partition coefficient (Wildman–Crippen LogP) is 1.64. The number of hydrogen-bond donors (Lipinski definition) is 1. The van der Waals surface area contributed by atoms with E-state index in [1.807, 2.05) is 6.07 Å². The number of anilines is 1. The Bertz CT molecular complexity index is 314. The van der Waals surface area contributed by atoms with E-state index in [1.54, 1.807) is 6.20 Å². The van der Waals surface area contributed by atoms with E-state index in [2.05, 4.69) is 33.4 Å². The summed E-state index contributed by atoms with van der Waals surface area (Å²) >= 11 is 0. The van der Waals surface area contributed by atoms with Gasteiger partial charge in [0.2, 0.25) is 0 Å². The predicted molar refractivity (Wildman–Crippen MR) is 69.0 cm³/mol. The molecule has 1 aromatic rings. The van der Waals surface area contributed by atoms with Gasteiger partial charge in [-0.1, -0.05) is 26.2 Å². The molecule has 1 aliphatic heterocycles. The minimum absolute atomic E-state index is 0.568. The molecule has 1 radical (unpaired) electrons. The quantitative estimate of drug-likeness (QED) is 0.785. The second-order valence-corrected chi connectivity index (χ2v) is 4.56. The van der Waals surface area contributed by atoms with E-state index in [-0.39, 0.29) is 0 Å². The van der Waals surface area contributed by atoms with Crippen molar-refractivity contribution in [2.75, 3.05) is 24.5 Å². The summed E-state index contributed by atoms with van der Waals surface area (Å²) < 4.78 is 0. The SMILES string of the molecule is CCCCCC1CNCCN1c1ccn[c]n1. The second-order valence-electron chi connectivity index (χ2n) is 4.56. The van der Waals surface area contributed by atoms with Crippen LogP contribution in [0.5, 0.6) is 0 Å². The van der Waals surface area contributed by atoms with E-state index in [9.17, 15) is 0 Å². The first kappa shape index (κ1) is 12.3. The monoisotopic (exact) mass is 233 g/mol. The third kappa shape index (κ3) is 3.40. The number of nitrogens with zero attached hydrogens (tertiary/aromatic N) is 3. The van der Waals surface area contributed by atoms with E-state index in [4.69, 9.17) is 0 Å². The molecule has 1 saturated heterocycles. The van der Waals surface area contributed by atoms with E-state index < -0.39 is 0 Å². The fourth-order valence-electron chi connectivity index (χ4n) is 2.37. The van der Waals surface area contributed by atoms with Crippen molar-refractivity contribution in [2.24, 2.45) is 0 Å². The summed E-state index contributed by atoms with van der Waals surface area (Å²) in [6.07, 6.45) is 9.59. The number of aromatic nitrogens is 2. The zero-order valence-electron chi connectivity index (χ0n) is 10.5. The first-order valence-corrected chi connectivity index (χ1v) is 6.58. The Morgan fingerprint density at radius 1 is 1.53 bits per heavy atom. The van der Waals surface area contributed by atoms with E-state index in [1.165, 1.54) is 25.7 Å². The normalized spacial score (nSPS) is 20.5. The Balaban J connectivity index is 1.97. The highest BCUT2D eigenvalue weighted by atomic mass is 15.3. The van der Waals surface area contributed by atoms with Crippen LogP contribution in [0, 0.1) is 6.33 Å². The summed E-state index contributed by atoms with van der Waals surface area (Å²) in [5, 5.41) is 3.47. The molecule has 0 aliphatic carbocycles.